The van der Waals surface area contributed by atoms with Gasteiger partial charge in [-0.1, -0.05) is 40.4 Å². The number of aromatic nitrogens is 4. The quantitative estimate of drug-likeness (QED) is 0.687. The van der Waals surface area contributed by atoms with Gasteiger partial charge < -0.3 is 0 Å². The van der Waals surface area contributed by atoms with E-state index in [4.69, 9.17) is 23.2 Å². The highest BCUT2D eigenvalue weighted by Gasteiger charge is 2.19. The van der Waals surface area contributed by atoms with Crippen LogP contribution in [-0.4, -0.2) is 24.4 Å². The van der Waals surface area contributed by atoms with Crippen LogP contribution < -0.4 is 0 Å². The number of hydrogen-bond donors (Lipinski definition) is 0. The summed E-state index contributed by atoms with van der Waals surface area (Å²) in [6, 6.07) is 9.53. The molecular weight excluding hydrogens is 374 g/mol. The third-order valence-electron chi connectivity index (χ3n) is 3.38. The lowest BCUT2D eigenvalue weighted by molar-refractivity contribution is 0.614. The van der Waals surface area contributed by atoms with Crippen molar-refractivity contribution in [1.29, 1.82) is 0 Å². The van der Waals surface area contributed by atoms with Crippen molar-refractivity contribution >= 4 is 34.0 Å². The fraction of sp³-hybridized carbons (Fsp3) is 0.133. The standard InChI is InChI=1S/C15H11Cl2FN4OS/c1-9-5-6-10(7-13(9)17)22-15(19-20-21-22)24(23)8-11-12(16)3-2-4-14(11)18/h2-7H,8H2,1H3. The number of nitrogens with zero attached hydrogens (tertiary/aromatic N) is 4. The van der Waals surface area contributed by atoms with Gasteiger partial charge in [0.15, 0.2) is 0 Å². The van der Waals surface area contributed by atoms with E-state index in [-0.39, 0.29) is 21.5 Å². The molecule has 0 aliphatic rings. The molecule has 0 aliphatic carbocycles. The van der Waals surface area contributed by atoms with Crippen molar-refractivity contribution in [3.8, 4) is 5.69 Å². The first-order chi connectivity index (χ1) is 11.5. The van der Waals surface area contributed by atoms with Crippen LogP contribution in [0.1, 0.15) is 11.1 Å². The van der Waals surface area contributed by atoms with Gasteiger partial charge in [0, 0.05) is 15.6 Å². The minimum atomic E-state index is -1.69. The molecule has 0 amide bonds. The third kappa shape index (κ3) is 3.33. The summed E-state index contributed by atoms with van der Waals surface area (Å²) < 4.78 is 27.8. The molecule has 1 aromatic heterocycles. The smallest absolute Gasteiger partial charge is 0.244 e. The predicted molar refractivity (Wildman–Crippen MR) is 90.4 cm³/mol. The highest BCUT2D eigenvalue weighted by Crippen LogP contribution is 2.24. The fourth-order valence-electron chi connectivity index (χ4n) is 2.06. The maximum Gasteiger partial charge on any atom is 0.244 e. The van der Waals surface area contributed by atoms with E-state index in [2.05, 4.69) is 15.5 Å². The minimum Gasteiger partial charge on any atom is -0.251 e. The van der Waals surface area contributed by atoms with E-state index in [9.17, 15) is 8.60 Å². The van der Waals surface area contributed by atoms with Gasteiger partial charge in [-0.15, -0.1) is 0 Å². The Morgan fingerprint density at radius 3 is 2.71 bits per heavy atom. The van der Waals surface area contributed by atoms with Crippen molar-refractivity contribution in [2.75, 3.05) is 0 Å². The molecule has 1 unspecified atom stereocenters. The summed E-state index contributed by atoms with van der Waals surface area (Å²) in [6.07, 6.45) is 0. The van der Waals surface area contributed by atoms with Gasteiger partial charge in [-0.05, 0) is 47.2 Å². The second-order valence-corrected chi connectivity index (χ2v) is 7.16. The van der Waals surface area contributed by atoms with Crippen molar-refractivity contribution in [2.24, 2.45) is 0 Å². The highest BCUT2D eigenvalue weighted by atomic mass is 35.5. The van der Waals surface area contributed by atoms with E-state index < -0.39 is 16.6 Å². The van der Waals surface area contributed by atoms with Crippen molar-refractivity contribution in [2.45, 2.75) is 17.8 Å². The van der Waals surface area contributed by atoms with Crippen LogP contribution in [0.4, 0.5) is 4.39 Å². The van der Waals surface area contributed by atoms with Crippen molar-refractivity contribution in [3.63, 3.8) is 0 Å². The SMILES string of the molecule is Cc1ccc(-n2nnnc2S(=O)Cc2c(F)cccc2Cl)cc1Cl. The Bertz CT molecular complexity index is 911. The van der Waals surface area contributed by atoms with Gasteiger partial charge in [-0.2, -0.15) is 4.68 Å². The first kappa shape index (κ1) is 17.0. The molecule has 3 rings (SSSR count). The van der Waals surface area contributed by atoms with Gasteiger partial charge in [-0.3, -0.25) is 4.21 Å². The normalized spacial score (nSPS) is 12.3. The summed E-state index contributed by atoms with van der Waals surface area (Å²) >= 11 is 12.1. The van der Waals surface area contributed by atoms with Gasteiger partial charge in [-0.25, -0.2) is 4.39 Å². The molecular formula is C15H11Cl2FN4OS. The molecule has 1 atom stereocenters. The van der Waals surface area contributed by atoms with Crippen LogP contribution in [-0.2, 0) is 16.6 Å². The Hall–Kier alpha value is -1.83. The van der Waals surface area contributed by atoms with Crippen LogP contribution in [0.15, 0.2) is 41.6 Å². The zero-order valence-corrected chi connectivity index (χ0v) is 14.7. The fourth-order valence-corrected chi connectivity index (χ4v) is 3.69. The monoisotopic (exact) mass is 384 g/mol. The van der Waals surface area contributed by atoms with Crippen molar-refractivity contribution in [3.05, 3.63) is 63.4 Å². The maximum atomic E-state index is 13.9. The molecule has 2 aromatic carbocycles. The molecule has 0 saturated heterocycles. The third-order valence-corrected chi connectivity index (χ3v) is 5.36. The lowest BCUT2D eigenvalue weighted by Gasteiger charge is -2.08. The van der Waals surface area contributed by atoms with Crippen LogP contribution in [0.3, 0.4) is 0 Å². The maximum absolute atomic E-state index is 13.9. The molecule has 9 heteroatoms. The minimum absolute atomic E-state index is 0.0919. The Morgan fingerprint density at radius 2 is 2.00 bits per heavy atom. The first-order valence-corrected chi connectivity index (χ1v) is 8.91. The molecule has 3 aromatic rings. The van der Waals surface area contributed by atoms with Crippen molar-refractivity contribution < 1.29 is 8.60 Å². The Balaban J connectivity index is 1.95. The van der Waals surface area contributed by atoms with Gasteiger partial charge in [0.25, 0.3) is 0 Å². The summed E-state index contributed by atoms with van der Waals surface area (Å²) in [5.41, 5.74) is 1.63. The molecule has 5 nitrogen and oxygen atoms in total. The van der Waals surface area contributed by atoms with Crippen LogP contribution in [0.2, 0.25) is 10.0 Å². The molecule has 0 fully saturated rings. The topological polar surface area (TPSA) is 60.7 Å². The average Bonchev–Trinajstić information content (AvgIpc) is 3.03. The molecule has 124 valence electrons. The van der Waals surface area contributed by atoms with E-state index >= 15 is 0 Å². The van der Waals surface area contributed by atoms with E-state index in [1.807, 2.05) is 6.92 Å². The number of hydrogen-bond acceptors (Lipinski definition) is 4. The zero-order chi connectivity index (χ0) is 17.3. The Kier molecular flexibility index (Phi) is 4.93. The van der Waals surface area contributed by atoms with Crippen LogP contribution >= 0.6 is 23.2 Å². The van der Waals surface area contributed by atoms with E-state index in [1.165, 1.54) is 16.8 Å². The molecule has 0 bridgehead atoms. The molecule has 0 N–H and O–H groups in total. The number of benzene rings is 2. The van der Waals surface area contributed by atoms with Crippen LogP contribution in [0.5, 0.6) is 0 Å². The van der Waals surface area contributed by atoms with Gasteiger partial charge in [0.1, 0.15) is 5.82 Å². The van der Waals surface area contributed by atoms with Crippen LogP contribution in [0, 0.1) is 12.7 Å². The Labute approximate surface area is 149 Å². The molecule has 0 radical (unpaired) electrons. The first-order valence-electron chi connectivity index (χ1n) is 6.83. The summed E-state index contributed by atoms with van der Waals surface area (Å²) in [6.45, 7) is 1.87. The van der Waals surface area contributed by atoms with Gasteiger partial charge >= 0.3 is 0 Å². The second kappa shape index (κ2) is 6.96. The molecule has 0 spiro atoms. The lowest BCUT2D eigenvalue weighted by atomic mass is 10.2. The average molecular weight is 385 g/mol. The molecule has 24 heavy (non-hydrogen) atoms. The summed E-state index contributed by atoms with van der Waals surface area (Å²) in [5.74, 6) is -0.654. The number of aryl methyl sites for hydroxylation is 1. The van der Waals surface area contributed by atoms with E-state index in [1.54, 1.807) is 24.3 Å². The number of rotatable bonds is 4. The largest absolute Gasteiger partial charge is 0.251 e. The van der Waals surface area contributed by atoms with Gasteiger partial charge in [0.05, 0.1) is 22.2 Å². The van der Waals surface area contributed by atoms with Gasteiger partial charge in [0.2, 0.25) is 5.16 Å². The molecule has 0 saturated carbocycles. The van der Waals surface area contributed by atoms with E-state index in [0.717, 1.165) is 5.56 Å². The van der Waals surface area contributed by atoms with Crippen LogP contribution in [0.25, 0.3) is 5.69 Å². The molecule has 0 aliphatic heterocycles. The Morgan fingerprint density at radius 1 is 1.21 bits per heavy atom. The number of halogens is 3. The second-order valence-electron chi connectivity index (χ2n) is 5.00. The number of tetrazole rings is 1. The summed E-state index contributed by atoms with van der Waals surface area (Å²) in [7, 11) is -1.69. The summed E-state index contributed by atoms with van der Waals surface area (Å²) in [5, 5.41) is 12.0. The van der Waals surface area contributed by atoms with Crippen molar-refractivity contribution in [1.82, 2.24) is 20.2 Å². The zero-order valence-electron chi connectivity index (χ0n) is 12.4. The predicted octanol–water partition coefficient (Wildman–Crippen LogP) is 3.72. The molecule has 1 heterocycles. The summed E-state index contributed by atoms with van der Waals surface area (Å²) in [4.78, 5) is 0. The van der Waals surface area contributed by atoms with E-state index in [0.29, 0.717) is 10.7 Å². The highest BCUT2D eigenvalue weighted by molar-refractivity contribution is 7.84. The lowest BCUT2D eigenvalue weighted by Crippen LogP contribution is -2.08.